The van der Waals surface area contributed by atoms with Gasteiger partial charge in [0.05, 0.1) is 0 Å². The van der Waals surface area contributed by atoms with Crippen molar-refractivity contribution in [3.63, 3.8) is 0 Å². The molecule has 0 amide bonds. The summed E-state index contributed by atoms with van der Waals surface area (Å²) in [6.45, 7) is 1.91. The second kappa shape index (κ2) is 7.92. The van der Waals surface area contributed by atoms with Gasteiger partial charge in [-0.25, -0.2) is 0 Å². The monoisotopic (exact) mass is 320 g/mol. The number of nitrogen functional groups attached to an aromatic ring is 4. The Morgan fingerprint density at radius 2 is 0.917 bits per heavy atom. The maximum absolute atomic E-state index is 5.88. The Bertz CT molecular complexity index is 748. The van der Waals surface area contributed by atoms with Gasteiger partial charge in [-0.15, -0.1) is 0 Å². The van der Waals surface area contributed by atoms with E-state index in [4.69, 9.17) is 22.9 Å². The lowest BCUT2D eigenvalue weighted by Crippen LogP contribution is -1.98. The van der Waals surface area contributed by atoms with E-state index in [9.17, 15) is 0 Å². The van der Waals surface area contributed by atoms with Crippen LogP contribution in [-0.2, 0) is 6.42 Å². The predicted molar refractivity (Wildman–Crippen MR) is 105 cm³/mol. The van der Waals surface area contributed by atoms with E-state index in [1.807, 2.05) is 73.7 Å². The second-order valence-corrected chi connectivity index (χ2v) is 5.64. The summed E-state index contributed by atoms with van der Waals surface area (Å²) in [6, 6.07) is 21.3. The molecule has 0 aliphatic rings. The first-order chi connectivity index (χ1) is 11.5. The van der Waals surface area contributed by atoms with Crippen molar-refractivity contribution in [1.82, 2.24) is 0 Å². The van der Waals surface area contributed by atoms with E-state index < -0.39 is 0 Å². The van der Waals surface area contributed by atoms with Gasteiger partial charge in [-0.1, -0.05) is 42.5 Å². The van der Waals surface area contributed by atoms with Crippen LogP contribution in [0.2, 0.25) is 0 Å². The minimum absolute atomic E-state index is 0.759. The molecule has 0 atom stereocenters. The Kier molecular flexibility index (Phi) is 5.68. The molecule has 0 bridgehead atoms. The zero-order chi connectivity index (χ0) is 17.5. The van der Waals surface area contributed by atoms with Gasteiger partial charge in [0, 0.05) is 29.2 Å². The quantitative estimate of drug-likeness (QED) is 0.541. The summed E-state index contributed by atoms with van der Waals surface area (Å²) in [4.78, 5) is 0. The molecule has 4 heteroatoms. The maximum Gasteiger partial charge on any atom is 0.0364 e. The highest BCUT2D eigenvalue weighted by Gasteiger charge is 2.02. The highest BCUT2D eigenvalue weighted by Crippen LogP contribution is 2.19. The van der Waals surface area contributed by atoms with Crippen LogP contribution < -0.4 is 22.9 Å². The van der Waals surface area contributed by atoms with Gasteiger partial charge in [0.1, 0.15) is 0 Å². The van der Waals surface area contributed by atoms with Gasteiger partial charge < -0.3 is 22.9 Å². The summed E-state index contributed by atoms with van der Waals surface area (Å²) in [7, 11) is 0. The van der Waals surface area contributed by atoms with Crippen LogP contribution in [0.4, 0.5) is 22.7 Å². The molecule has 0 spiro atoms. The summed E-state index contributed by atoms with van der Waals surface area (Å²) in [6.07, 6.45) is 0.791. The number of benzene rings is 3. The molecule has 0 aliphatic carbocycles. The van der Waals surface area contributed by atoms with Gasteiger partial charge in [0.25, 0.3) is 0 Å². The summed E-state index contributed by atoms with van der Waals surface area (Å²) < 4.78 is 0. The first kappa shape index (κ1) is 17.2. The Labute approximate surface area is 143 Å². The number of hydrogen-bond acceptors (Lipinski definition) is 4. The van der Waals surface area contributed by atoms with Gasteiger partial charge >= 0.3 is 0 Å². The van der Waals surface area contributed by atoms with Crippen LogP contribution in [-0.4, -0.2) is 0 Å². The molecule has 0 radical (unpaired) electrons. The van der Waals surface area contributed by atoms with Crippen molar-refractivity contribution >= 4 is 22.7 Å². The molecule has 24 heavy (non-hydrogen) atoms. The van der Waals surface area contributed by atoms with E-state index >= 15 is 0 Å². The second-order valence-electron chi connectivity index (χ2n) is 5.64. The lowest BCUT2D eigenvalue weighted by atomic mass is 10.0. The maximum atomic E-state index is 5.88. The molecule has 0 saturated heterocycles. The zero-order valence-corrected chi connectivity index (χ0v) is 13.9. The summed E-state index contributed by atoms with van der Waals surface area (Å²) >= 11 is 0. The van der Waals surface area contributed by atoms with Crippen molar-refractivity contribution < 1.29 is 0 Å². The Morgan fingerprint density at radius 1 is 0.542 bits per heavy atom. The third-order valence-corrected chi connectivity index (χ3v) is 3.91. The molecule has 0 aliphatic heterocycles. The average Bonchev–Trinajstić information content (AvgIpc) is 2.57. The van der Waals surface area contributed by atoms with E-state index in [0.29, 0.717) is 0 Å². The Balaban J connectivity index is 0.000000198. The molecule has 3 aromatic carbocycles. The molecule has 0 saturated carbocycles. The highest BCUT2D eigenvalue weighted by molar-refractivity contribution is 5.60. The Morgan fingerprint density at radius 3 is 1.29 bits per heavy atom. The van der Waals surface area contributed by atoms with Crippen molar-refractivity contribution in [1.29, 1.82) is 0 Å². The number of para-hydroxylation sites is 2. The highest BCUT2D eigenvalue weighted by atomic mass is 14.6. The Hall–Kier alpha value is -3.14. The molecule has 8 N–H and O–H groups in total. The molecule has 3 rings (SSSR count). The van der Waals surface area contributed by atoms with Crippen LogP contribution in [0.5, 0.6) is 0 Å². The van der Waals surface area contributed by atoms with E-state index in [2.05, 4.69) is 0 Å². The molecular weight excluding hydrogens is 296 g/mol. The van der Waals surface area contributed by atoms with E-state index in [1.165, 1.54) is 0 Å². The smallest absolute Gasteiger partial charge is 0.0364 e. The fraction of sp³-hybridized carbons (Fsp3) is 0.100. The summed E-state index contributed by atoms with van der Waals surface area (Å²) in [5, 5.41) is 0. The van der Waals surface area contributed by atoms with Gasteiger partial charge in [0.15, 0.2) is 0 Å². The molecule has 124 valence electrons. The van der Waals surface area contributed by atoms with Crippen molar-refractivity contribution in [3.05, 3.63) is 83.4 Å². The zero-order valence-electron chi connectivity index (χ0n) is 13.9. The van der Waals surface area contributed by atoms with Crippen LogP contribution in [0.3, 0.4) is 0 Å². The van der Waals surface area contributed by atoms with Crippen LogP contribution in [0.15, 0.2) is 66.7 Å². The van der Waals surface area contributed by atoms with Crippen LogP contribution in [0.25, 0.3) is 0 Å². The first-order valence-electron chi connectivity index (χ1n) is 7.76. The van der Waals surface area contributed by atoms with Gasteiger partial charge in [-0.3, -0.25) is 0 Å². The third kappa shape index (κ3) is 4.43. The standard InChI is InChI=1S/C13H14N2.C7H10N2/c14-12-7-3-1-5-10(12)9-11-6-2-4-8-13(11)15;1-5-6(8)3-2-4-7(5)9/h1-8H,9,14-15H2;2-4H,8-9H2,1H3. The number of nitrogens with two attached hydrogens (primary N) is 4. The molecule has 0 unspecified atom stereocenters. The van der Waals surface area contributed by atoms with E-state index in [0.717, 1.165) is 45.9 Å². The molecule has 4 nitrogen and oxygen atoms in total. The van der Waals surface area contributed by atoms with Crippen molar-refractivity contribution in [2.24, 2.45) is 0 Å². The largest absolute Gasteiger partial charge is 0.398 e. The molecule has 0 heterocycles. The van der Waals surface area contributed by atoms with Gasteiger partial charge in [0.2, 0.25) is 0 Å². The lowest BCUT2D eigenvalue weighted by Gasteiger charge is -2.07. The molecule has 3 aromatic rings. The van der Waals surface area contributed by atoms with Gasteiger partial charge in [-0.2, -0.15) is 0 Å². The predicted octanol–water partition coefficient (Wildman–Crippen LogP) is 3.60. The first-order valence-corrected chi connectivity index (χ1v) is 7.76. The number of rotatable bonds is 2. The van der Waals surface area contributed by atoms with Gasteiger partial charge in [-0.05, 0) is 47.9 Å². The fourth-order valence-electron chi connectivity index (χ4n) is 2.27. The summed E-state index contributed by atoms with van der Waals surface area (Å²) in [5.41, 5.74) is 29.2. The SMILES string of the molecule is Cc1c(N)cccc1N.Nc1ccccc1Cc1ccccc1N. The average molecular weight is 320 g/mol. The topological polar surface area (TPSA) is 104 Å². The lowest BCUT2D eigenvalue weighted by molar-refractivity contribution is 1.20. The van der Waals surface area contributed by atoms with Crippen LogP contribution >= 0.6 is 0 Å². The fourth-order valence-corrected chi connectivity index (χ4v) is 2.27. The molecular formula is C20H24N4. The van der Waals surface area contributed by atoms with Crippen molar-refractivity contribution in [3.8, 4) is 0 Å². The molecule has 0 aromatic heterocycles. The third-order valence-electron chi connectivity index (χ3n) is 3.91. The minimum Gasteiger partial charge on any atom is -0.398 e. The van der Waals surface area contributed by atoms with Crippen molar-refractivity contribution in [2.75, 3.05) is 22.9 Å². The van der Waals surface area contributed by atoms with Crippen molar-refractivity contribution in [2.45, 2.75) is 13.3 Å². The summed E-state index contributed by atoms with van der Waals surface area (Å²) in [5.74, 6) is 0. The normalized spacial score (nSPS) is 9.88. The van der Waals surface area contributed by atoms with E-state index in [-0.39, 0.29) is 0 Å². The van der Waals surface area contributed by atoms with Crippen LogP contribution in [0, 0.1) is 6.92 Å². The molecule has 0 fully saturated rings. The van der Waals surface area contributed by atoms with Crippen LogP contribution in [0.1, 0.15) is 16.7 Å². The van der Waals surface area contributed by atoms with E-state index in [1.54, 1.807) is 0 Å². The minimum atomic E-state index is 0.759. The number of hydrogen-bond donors (Lipinski definition) is 4. The number of anilines is 4.